The predicted molar refractivity (Wildman–Crippen MR) is 53.9 cm³/mol. The fourth-order valence-corrected chi connectivity index (χ4v) is 1.82. The third-order valence-electron chi connectivity index (χ3n) is 1.88. The average Bonchev–Trinajstić information content (AvgIpc) is 2.10. The van der Waals surface area contributed by atoms with E-state index in [9.17, 15) is 14.3 Å². The molecule has 2 rings (SSSR count). The Bertz CT molecular complexity index is 564. The molecule has 0 fully saturated rings. The summed E-state index contributed by atoms with van der Waals surface area (Å²) in [5.41, 5.74) is -0.0308. The summed E-state index contributed by atoms with van der Waals surface area (Å²) in [7, 11) is 0. The van der Waals surface area contributed by atoms with Gasteiger partial charge >= 0.3 is 0 Å². The Kier molecular flexibility index (Phi) is 2.03. The van der Waals surface area contributed by atoms with E-state index in [-0.39, 0.29) is 15.6 Å². The highest BCUT2D eigenvalue weighted by Crippen LogP contribution is 2.30. The van der Waals surface area contributed by atoms with Gasteiger partial charge in [-0.1, -0.05) is 0 Å². The van der Waals surface area contributed by atoms with Crippen LogP contribution < -0.4 is 5.56 Å². The number of aromatic nitrogens is 1. The van der Waals surface area contributed by atoms with Crippen LogP contribution in [0.2, 0.25) is 0 Å². The van der Waals surface area contributed by atoms with E-state index in [0.29, 0.717) is 5.52 Å². The molecular weight excluding hydrogens is 253 g/mol. The zero-order chi connectivity index (χ0) is 10.3. The zero-order valence-corrected chi connectivity index (χ0v) is 8.43. The second-order valence-electron chi connectivity index (χ2n) is 2.80. The van der Waals surface area contributed by atoms with E-state index >= 15 is 0 Å². The van der Waals surface area contributed by atoms with Crippen molar-refractivity contribution in [2.45, 2.75) is 0 Å². The lowest BCUT2D eigenvalue weighted by molar-refractivity contribution is 0.479. The van der Waals surface area contributed by atoms with Crippen LogP contribution in [0.25, 0.3) is 10.9 Å². The molecule has 1 aromatic carbocycles. The number of H-pyrrole nitrogens is 1. The molecule has 0 spiro atoms. The van der Waals surface area contributed by atoms with Crippen LogP contribution >= 0.6 is 15.9 Å². The standard InChI is InChI=1S/C9H5BrFNO2/c10-9-4(11)1-2-5-8(9)6(13)3-7(14)12-5/h1-3H,(H2,12,13,14). The SMILES string of the molecule is O=c1cc(O)c2c(Br)c(F)ccc2[nH]1. The van der Waals surface area contributed by atoms with Gasteiger partial charge in [-0.15, -0.1) is 0 Å². The third kappa shape index (κ3) is 1.29. The minimum atomic E-state index is -0.486. The van der Waals surface area contributed by atoms with Gasteiger partial charge in [-0.25, -0.2) is 4.39 Å². The fraction of sp³-hybridized carbons (Fsp3) is 0. The number of hydrogen-bond acceptors (Lipinski definition) is 2. The first-order chi connectivity index (χ1) is 6.59. The third-order valence-corrected chi connectivity index (χ3v) is 2.65. The van der Waals surface area contributed by atoms with Crippen LogP contribution in [0.1, 0.15) is 0 Å². The van der Waals surface area contributed by atoms with Crippen LogP contribution in [0, 0.1) is 5.82 Å². The van der Waals surface area contributed by atoms with E-state index in [1.165, 1.54) is 12.1 Å². The first kappa shape index (κ1) is 9.21. The Morgan fingerprint density at radius 3 is 2.86 bits per heavy atom. The van der Waals surface area contributed by atoms with E-state index in [0.717, 1.165) is 6.07 Å². The van der Waals surface area contributed by atoms with Crippen molar-refractivity contribution >= 4 is 26.8 Å². The molecule has 0 aliphatic carbocycles. The van der Waals surface area contributed by atoms with Crippen molar-refractivity contribution in [2.24, 2.45) is 0 Å². The average molecular weight is 258 g/mol. The van der Waals surface area contributed by atoms with Gasteiger partial charge in [0.25, 0.3) is 5.56 Å². The molecule has 1 aromatic heterocycles. The fourth-order valence-electron chi connectivity index (χ4n) is 1.27. The lowest BCUT2D eigenvalue weighted by Gasteiger charge is -2.03. The topological polar surface area (TPSA) is 53.1 Å². The highest BCUT2D eigenvalue weighted by atomic mass is 79.9. The summed E-state index contributed by atoms with van der Waals surface area (Å²) in [5.74, 6) is -0.727. The molecule has 0 bridgehead atoms. The molecule has 5 heteroatoms. The van der Waals surface area contributed by atoms with Gasteiger partial charge in [0, 0.05) is 6.07 Å². The molecular formula is C9H5BrFNO2. The number of hydrogen-bond donors (Lipinski definition) is 2. The van der Waals surface area contributed by atoms with Crippen molar-refractivity contribution in [1.29, 1.82) is 0 Å². The summed E-state index contributed by atoms with van der Waals surface area (Å²) in [6.07, 6.45) is 0. The quantitative estimate of drug-likeness (QED) is 0.760. The van der Waals surface area contributed by atoms with Crippen molar-refractivity contribution in [3.8, 4) is 5.75 Å². The van der Waals surface area contributed by atoms with Crippen LogP contribution in [0.4, 0.5) is 4.39 Å². The van der Waals surface area contributed by atoms with E-state index in [1.807, 2.05) is 0 Å². The Morgan fingerprint density at radius 1 is 1.43 bits per heavy atom. The maximum atomic E-state index is 13.1. The lowest BCUT2D eigenvalue weighted by Crippen LogP contribution is -2.03. The second kappa shape index (κ2) is 3.09. The molecule has 2 N–H and O–H groups in total. The molecule has 0 atom stereocenters. The number of pyridine rings is 1. The van der Waals surface area contributed by atoms with E-state index in [1.54, 1.807) is 0 Å². The van der Waals surface area contributed by atoms with Crippen LogP contribution in [0.15, 0.2) is 27.5 Å². The number of aromatic hydroxyl groups is 1. The Balaban J connectivity index is 3.03. The van der Waals surface area contributed by atoms with E-state index in [2.05, 4.69) is 20.9 Å². The molecule has 0 saturated heterocycles. The minimum absolute atomic E-state index is 0.142. The molecule has 0 saturated carbocycles. The summed E-state index contributed by atoms with van der Waals surface area (Å²) in [6, 6.07) is 3.62. The lowest BCUT2D eigenvalue weighted by atomic mass is 10.2. The summed E-state index contributed by atoms with van der Waals surface area (Å²) in [6.45, 7) is 0. The van der Waals surface area contributed by atoms with E-state index in [4.69, 9.17) is 0 Å². The molecule has 0 amide bonds. The van der Waals surface area contributed by atoms with Crippen molar-refractivity contribution < 1.29 is 9.50 Å². The number of fused-ring (bicyclic) bond motifs is 1. The summed E-state index contributed by atoms with van der Waals surface area (Å²) in [5, 5.41) is 9.71. The Morgan fingerprint density at radius 2 is 2.14 bits per heavy atom. The summed E-state index contributed by atoms with van der Waals surface area (Å²) >= 11 is 3.00. The smallest absolute Gasteiger partial charge is 0.252 e. The van der Waals surface area contributed by atoms with Crippen molar-refractivity contribution in [2.75, 3.05) is 0 Å². The predicted octanol–water partition coefficient (Wildman–Crippen LogP) is 2.14. The van der Waals surface area contributed by atoms with Crippen LogP contribution in [0.3, 0.4) is 0 Å². The highest BCUT2D eigenvalue weighted by molar-refractivity contribution is 9.10. The Labute approximate surface area is 86.3 Å². The first-order valence-corrected chi connectivity index (χ1v) is 4.59. The molecule has 3 nitrogen and oxygen atoms in total. The molecule has 72 valence electrons. The maximum absolute atomic E-state index is 13.1. The molecule has 14 heavy (non-hydrogen) atoms. The van der Waals surface area contributed by atoms with Crippen molar-refractivity contribution in [1.82, 2.24) is 4.98 Å². The van der Waals surface area contributed by atoms with Gasteiger partial charge in [0.15, 0.2) is 0 Å². The number of nitrogens with one attached hydrogen (secondary N) is 1. The van der Waals surface area contributed by atoms with Gasteiger partial charge in [-0.05, 0) is 28.1 Å². The molecule has 2 aromatic rings. The highest BCUT2D eigenvalue weighted by Gasteiger charge is 2.09. The van der Waals surface area contributed by atoms with Gasteiger partial charge < -0.3 is 10.1 Å². The number of aromatic amines is 1. The number of rotatable bonds is 0. The summed E-state index contributed by atoms with van der Waals surface area (Å²) in [4.78, 5) is 13.5. The second-order valence-corrected chi connectivity index (χ2v) is 3.60. The zero-order valence-electron chi connectivity index (χ0n) is 6.84. The number of benzene rings is 1. The normalized spacial score (nSPS) is 10.7. The van der Waals surface area contributed by atoms with Crippen LogP contribution in [-0.4, -0.2) is 10.1 Å². The van der Waals surface area contributed by atoms with Crippen LogP contribution in [-0.2, 0) is 0 Å². The Hall–Kier alpha value is -1.36. The molecule has 1 heterocycles. The van der Waals surface area contributed by atoms with Crippen molar-refractivity contribution in [3.05, 3.63) is 38.8 Å². The van der Waals surface area contributed by atoms with Gasteiger partial charge in [-0.3, -0.25) is 4.79 Å². The molecule has 0 radical (unpaired) electrons. The maximum Gasteiger partial charge on any atom is 0.252 e. The van der Waals surface area contributed by atoms with Gasteiger partial charge in [0.1, 0.15) is 11.6 Å². The van der Waals surface area contributed by atoms with Gasteiger partial charge in [0.05, 0.1) is 15.4 Å². The number of halogens is 2. The first-order valence-electron chi connectivity index (χ1n) is 3.79. The largest absolute Gasteiger partial charge is 0.507 e. The van der Waals surface area contributed by atoms with Gasteiger partial charge in [-0.2, -0.15) is 0 Å². The molecule has 0 aliphatic rings. The monoisotopic (exact) mass is 257 g/mol. The molecule has 0 aliphatic heterocycles. The van der Waals surface area contributed by atoms with Crippen LogP contribution in [0.5, 0.6) is 5.75 Å². The molecule has 0 unspecified atom stereocenters. The van der Waals surface area contributed by atoms with E-state index < -0.39 is 11.4 Å². The minimum Gasteiger partial charge on any atom is -0.507 e. The summed E-state index contributed by atoms with van der Waals surface area (Å²) < 4.78 is 13.2. The van der Waals surface area contributed by atoms with Crippen molar-refractivity contribution in [3.63, 3.8) is 0 Å². The van der Waals surface area contributed by atoms with Gasteiger partial charge in [0.2, 0.25) is 0 Å².